The van der Waals surface area contributed by atoms with E-state index >= 15 is 0 Å². The molecule has 100 valence electrons. The molecule has 0 aliphatic rings. The number of nitrogen functional groups attached to an aromatic ring is 1. The molecule has 0 aliphatic carbocycles. The molecule has 0 bridgehead atoms. The molecule has 19 heavy (non-hydrogen) atoms. The molecule has 0 fully saturated rings. The third-order valence-electron chi connectivity index (χ3n) is 3.17. The number of hydrogen-bond donors (Lipinski definition) is 2. The summed E-state index contributed by atoms with van der Waals surface area (Å²) in [4.78, 5) is 12.0. The molecule has 0 saturated carbocycles. The van der Waals surface area contributed by atoms with E-state index in [4.69, 9.17) is 5.73 Å². The van der Waals surface area contributed by atoms with Crippen LogP contribution in [0.25, 0.3) is 0 Å². The fraction of sp³-hybridized carbons (Fsp3) is 0.214. The second-order valence-electron chi connectivity index (χ2n) is 4.44. The number of nitrogens with zero attached hydrogens (tertiary/aromatic N) is 1. The van der Waals surface area contributed by atoms with Crippen LogP contribution in [0.2, 0.25) is 0 Å². The van der Waals surface area contributed by atoms with Crippen LogP contribution in [-0.4, -0.2) is 10.5 Å². The van der Waals surface area contributed by atoms with Crippen LogP contribution < -0.4 is 11.1 Å². The first kappa shape index (κ1) is 13.7. The van der Waals surface area contributed by atoms with Gasteiger partial charge in [0.2, 0.25) is 0 Å². The second-order valence-corrected chi connectivity index (χ2v) is 5.30. The molecule has 2 rings (SSSR count). The lowest BCUT2D eigenvalue weighted by Crippen LogP contribution is -2.24. The van der Waals surface area contributed by atoms with Crippen molar-refractivity contribution >= 4 is 27.5 Å². The lowest BCUT2D eigenvalue weighted by molar-refractivity contribution is 0.0950. The highest BCUT2D eigenvalue weighted by molar-refractivity contribution is 9.10. The summed E-state index contributed by atoms with van der Waals surface area (Å²) in [5.74, 6) is -0.112. The predicted molar refractivity (Wildman–Crippen MR) is 79.9 cm³/mol. The Labute approximate surface area is 120 Å². The van der Waals surface area contributed by atoms with Gasteiger partial charge >= 0.3 is 0 Å². The lowest BCUT2D eigenvalue weighted by Gasteiger charge is -2.08. The normalized spacial score (nSPS) is 10.5. The molecule has 1 amide bonds. The number of hydrogen-bond acceptors (Lipinski definition) is 2. The maximum atomic E-state index is 12.0. The number of aryl methyl sites for hydroxylation is 1. The molecule has 0 spiro atoms. The minimum Gasteiger partial charge on any atom is -0.398 e. The Balaban J connectivity index is 2.05. The van der Waals surface area contributed by atoms with Gasteiger partial charge in [-0.05, 0) is 53.2 Å². The van der Waals surface area contributed by atoms with Gasteiger partial charge in [0, 0.05) is 34.2 Å². The molecule has 0 saturated heterocycles. The zero-order chi connectivity index (χ0) is 14.0. The van der Waals surface area contributed by atoms with Gasteiger partial charge in [0.05, 0.1) is 6.54 Å². The molecule has 1 aromatic carbocycles. The Morgan fingerprint density at radius 3 is 2.68 bits per heavy atom. The molecule has 2 aromatic rings. The van der Waals surface area contributed by atoms with Crippen LogP contribution in [0.5, 0.6) is 0 Å². The van der Waals surface area contributed by atoms with Gasteiger partial charge in [0.1, 0.15) is 0 Å². The van der Waals surface area contributed by atoms with Crippen LogP contribution in [0.1, 0.15) is 21.7 Å². The van der Waals surface area contributed by atoms with Crippen molar-refractivity contribution in [1.82, 2.24) is 9.88 Å². The molecule has 5 heteroatoms. The number of anilines is 1. The van der Waals surface area contributed by atoms with E-state index in [1.54, 1.807) is 18.2 Å². The van der Waals surface area contributed by atoms with Gasteiger partial charge < -0.3 is 15.6 Å². The first-order chi connectivity index (χ1) is 8.99. The average molecular weight is 322 g/mol. The van der Waals surface area contributed by atoms with Gasteiger partial charge in [-0.15, -0.1) is 0 Å². The summed E-state index contributed by atoms with van der Waals surface area (Å²) in [5.41, 5.74) is 9.14. The van der Waals surface area contributed by atoms with Crippen LogP contribution in [-0.2, 0) is 13.6 Å². The van der Waals surface area contributed by atoms with E-state index in [1.807, 2.05) is 26.1 Å². The van der Waals surface area contributed by atoms with Gasteiger partial charge in [-0.25, -0.2) is 0 Å². The average Bonchev–Trinajstić information content (AvgIpc) is 2.70. The first-order valence-electron chi connectivity index (χ1n) is 5.93. The van der Waals surface area contributed by atoms with E-state index in [2.05, 4.69) is 25.8 Å². The van der Waals surface area contributed by atoms with Crippen LogP contribution >= 0.6 is 15.9 Å². The number of nitrogens with two attached hydrogens (primary N) is 1. The van der Waals surface area contributed by atoms with Crippen molar-refractivity contribution in [3.05, 3.63) is 51.8 Å². The molecule has 3 N–H and O–H groups in total. The minimum absolute atomic E-state index is 0.112. The van der Waals surface area contributed by atoms with E-state index in [9.17, 15) is 4.79 Å². The SMILES string of the molecule is Cc1ccc(CNC(=O)c2ccc(N)c(Br)c2)n1C. The summed E-state index contributed by atoms with van der Waals surface area (Å²) in [6.45, 7) is 2.54. The Bertz CT molecular complexity index is 619. The third-order valence-corrected chi connectivity index (χ3v) is 3.86. The molecule has 0 radical (unpaired) electrons. The molecule has 1 heterocycles. The molecular formula is C14H16BrN3O. The van der Waals surface area contributed by atoms with E-state index < -0.39 is 0 Å². The van der Waals surface area contributed by atoms with E-state index in [0.29, 0.717) is 17.8 Å². The van der Waals surface area contributed by atoms with E-state index in [1.165, 1.54) is 5.69 Å². The fourth-order valence-corrected chi connectivity index (χ4v) is 2.16. The van der Waals surface area contributed by atoms with Crippen LogP contribution in [0, 0.1) is 6.92 Å². The van der Waals surface area contributed by atoms with E-state index in [0.717, 1.165) is 10.2 Å². The second kappa shape index (κ2) is 5.48. The summed E-state index contributed by atoms with van der Waals surface area (Å²) in [7, 11) is 1.98. The quantitative estimate of drug-likeness (QED) is 0.854. The number of halogens is 1. The number of carbonyl (C=O) groups excluding carboxylic acids is 1. The number of amides is 1. The van der Waals surface area contributed by atoms with Crippen molar-refractivity contribution in [1.29, 1.82) is 0 Å². The zero-order valence-corrected chi connectivity index (χ0v) is 12.5. The van der Waals surface area contributed by atoms with Crippen molar-refractivity contribution in [2.75, 3.05) is 5.73 Å². The van der Waals surface area contributed by atoms with Gasteiger partial charge in [-0.2, -0.15) is 0 Å². The van der Waals surface area contributed by atoms with Gasteiger partial charge in [0.25, 0.3) is 5.91 Å². The summed E-state index contributed by atoms with van der Waals surface area (Å²) < 4.78 is 2.79. The van der Waals surface area contributed by atoms with Crippen molar-refractivity contribution in [3.63, 3.8) is 0 Å². The highest BCUT2D eigenvalue weighted by atomic mass is 79.9. The molecule has 0 atom stereocenters. The predicted octanol–water partition coefficient (Wildman–Crippen LogP) is 2.61. The van der Waals surface area contributed by atoms with Gasteiger partial charge in [-0.1, -0.05) is 0 Å². The Hall–Kier alpha value is -1.75. The lowest BCUT2D eigenvalue weighted by atomic mass is 10.2. The van der Waals surface area contributed by atoms with Crippen LogP contribution in [0.4, 0.5) is 5.69 Å². The number of nitrogens with one attached hydrogen (secondary N) is 1. The van der Waals surface area contributed by atoms with Gasteiger partial charge in [-0.3, -0.25) is 4.79 Å². The maximum absolute atomic E-state index is 12.0. The number of carbonyl (C=O) groups is 1. The van der Waals surface area contributed by atoms with E-state index in [-0.39, 0.29) is 5.91 Å². The fourth-order valence-electron chi connectivity index (χ4n) is 1.79. The molecule has 1 aromatic heterocycles. The zero-order valence-electron chi connectivity index (χ0n) is 10.9. The summed E-state index contributed by atoms with van der Waals surface area (Å²) in [6, 6.07) is 9.19. The minimum atomic E-state index is -0.112. The van der Waals surface area contributed by atoms with Crippen molar-refractivity contribution in [2.45, 2.75) is 13.5 Å². The summed E-state index contributed by atoms with van der Waals surface area (Å²) in [6.07, 6.45) is 0. The Morgan fingerprint density at radius 1 is 1.37 bits per heavy atom. The van der Waals surface area contributed by atoms with Crippen molar-refractivity contribution in [2.24, 2.45) is 7.05 Å². The van der Waals surface area contributed by atoms with Crippen LogP contribution in [0.15, 0.2) is 34.8 Å². The summed E-state index contributed by atoms with van der Waals surface area (Å²) in [5, 5.41) is 2.89. The largest absolute Gasteiger partial charge is 0.398 e. The maximum Gasteiger partial charge on any atom is 0.251 e. The Kier molecular flexibility index (Phi) is 3.95. The van der Waals surface area contributed by atoms with Gasteiger partial charge in [0.15, 0.2) is 0 Å². The number of aromatic nitrogens is 1. The van der Waals surface area contributed by atoms with Crippen molar-refractivity contribution < 1.29 is 4.79 Å². The smallest absolute Gasteiger partial charge is 0.251 e. The number of rotatable bonds is 3. The standard InChI is InChI=1S/C14H16BrN3O/c1-9-3-5-11(18(9)2)8-17-14(19)10-4-6-13(16)12(15)7-10/h3-7H,8,16H2,1-2H3,(H,17,19). The topological polar surface area (TPSA) is 60.1 Å². The molecule has 0 unspecified atom stereocenters. The third kappa shape index (κ3) is 2.98. The Morgan fingerprint density at radius 2 is 2.11 bits per heavy atom. The molecule has 4 nitrogen and oxygen atoms in total. The highest BCUT2D eigenvalue weighted by Crippen LogP contribution is 2.20. The first-order valence-corrected chi connectivity index (χ1v) is 6.73. The van der Waals surface area contributed by atoms with Crippen molar-refractivity contribution in [3.8, 4) is 0 Å². The highest BCUT2D eigenvalue weighted by Gasteiger charge is 2.08. The molecule has 0 aliphatic heterocycles. The summed E-state index contributed by atoms with van der Waals surface area (Å²) >= 11 is 3.32. The monoisotopic (exact) mass is 321 g/mol. The number of benzene rings is 1. The van der Waals surface area contributed by atoms with Crippen LogP contribution in [0.3, 0.4) is 0 Å². The molecular weight excluding hydrogens is 306 g/mol.